The number of rotatable bonds is 6. The summed E-state index contributed by atoms with van der Waals surface area (Å²) in [5, 5.41) is 14.2. The van der Waals surface area contributed by atoms with Crippen molar-refractivity contribution in [2.24, 2.45) is 5.92 Å². The Morgan fingerprint density at radius 3 is 2.47 bits per heavy atom. The standard InChI is InChI=1S/C23H25FN4O3.C5H11NO/c1-14-7-9-15(10-8-14)26-23-28-27-22(31-23)18-12-11-16(13-20(18)30-2)25-21(29)17-5-3-4-6-19(17)24;1-6-2-4-7-5-3-6/h3-6,11-15H,7-10H2,1-2H3,(H,25,29)(H,26,28);2-5H2,1H3. The van der Waals surface area contributed by atoms with Crippen LogP contribution in [0.5, 0.6) is 5.75 Å². The van der Waals surface area contributed by atoms with Crippen LogP contribution in [0.15, 0.2) is 46.9 Å². The van der Waals surface area contributed by atoms with E-state index in [1.54, 1.807) is 24.3 Å². The molecule has 0 bridgehead atoms. The molecule has 9 nitrogen and oxygen atoms in total. The molecule has 1 saturated carbocycles. The molecule has 38 heavy (non-hydrogen) atoms. The minimum Gasteiger partial charge on any atom is -0.496 e. The first-order chi connectivity index (χ1) is 18.4. The topological polar surface area (TPSA) is 102 Å². The predicted molar refractivity (Wildman–Crippen MR) is 144 cm³/mol. The summed E-state index contributed by atoms with van der Waals surface area (Å²) in [4.78, 5) is 14.6. The lowest BCUT2D eigenvalue weighted by molar-refractivity contribution is 0.0503. The highest BCUT2D eigenvalue weighted by molar-refractivity contribution is 6.04. The van der Waals surface area contributed by atoms with Gasteiger partial charge in [0.15, 0.2) is 0 Å². The molecule has 1 aliphatic carbocycles. The summed E-state index contributed by atoms with van der Waals surface area (Å²) in [6, 6.07) is 11.6. The summed E-state index contributed by atoms with van der Waals surface area (Å²) in [5.74, 6) is 0.405. The Morgan fingerprint density at radius 2 is 1.82 bits per heavy atom. The molecular weight excluding hydrogens is 489 g/mol. The van der Waals surface area contributed by atoms with E-state index in [1.807, 2.05) is 0 Å². The number of ether oxygens (including phenoxy) is 2. The van der Waals surface area contributed by atoms with Gasteiger partial charge in [-0.25, -0.2) is 4.39 Å². The smallest absolute Gasteiger partial charge is 0.315 e. The van der Waals surface area contributed by atoms with Crippen molar-refractivity contribution in [3.63, 3.8) is 0 Å². The maximum atomic E-state index is 13.8. The monoisotopic (exact) mass is 525 g/mol. The van der Waals surface area contributed by atoms with Crippen molar-refractivity contribution in [1.82, 2.24) is 15.1 Å². The molecule has 2 aromatic carbocycles. The number of methoxy groups -OCH3 is 1. The molecule has 10 heteroatoms. The summed E-state index contributed by atoms with van der Waals surface area (Å²) in [5.41, 5.74) is 1.03. The number of likely N-dealkylation sites (N-methyl/N-ethyl adjacent to an activating group) is 1. The van der Waals surface area contributed by atoms with Gasteiger partial charge in [0.05, 0.1) is 31.5 Å². The van der Waals surface area contributed by atoms with E-state index in [1.165, 1.54) is 38.2 Å². The van der Waals surface area contributed by atoms with E-state index in [0.717, 1.165) is 45.1 Å². The van der Waals surface area contributed by atoms with Crippen LogP contribution in [0, 0.1) is 11.7 Å². The molecule has 1 saturated heterocycles. The van der Waals surface area contributed by atoms with Crippen LogP contribution in [-0.2, 0) is 4.74 Å². The maximum Gasteiger partial charge on any atom is 0.315 e. The number of carbonyl (C=O) groups excluding carboxylic acids is 1. The molecule has 2 heterocycles. The van der Waals surface area contributed by atoms with Crippen LogP contribution in [0.1, 0.15) is 43.0 Å². The van der Waals surface area contributed by atoms with Gasteiger partial charge in [-0.3, -0.25) is 4.79 Å². The summed E-state index contributed by atoms with van der Waals surface area (Å²) < 4.78 is 30.2. The highest BCUT2D eigenvalue weighted by Crippen LogP contribution is 2.33. The molecule has 0 unspecified atom stereocenters. The van der Waals surface area contributed by atoms with Gasteiger partial charge in [0.25, 0.3) is 11.8 Å². The van der Waals surface area contributed by atoms with E-state index in [2.05, 4.69) is 39.7 Å². The largest absolute Gasteiger partial charge is 0.496 e. The number of amides is 1. The van der Waals surface area contributed by atoms with E-state index < -0.39 is 11.7 Å². The van der Waals surface area contributed by atoms with Gasteiger partial charge in [0, 0.05) is 30.9 Å². The summed E-state index contributed by atoms with van der Waals surface area (Å²) >= 11 is 0. The van der Waals surface area contributed by atoms with Crippen molar-refractivity contribution < 1.29 is 23.1 Å². The summed E-state index contributed by atoms with van der Waals surface area (Å²) in [6.07, 6.45) is 4.54. The number of hydrogen-bond acceptors (Lipinski definition) is 8. The van der Waals surface area contributed by atoms with Gasteiger partial charge in [0.1, 0.15) is 11.6 Å². The van der Waals surface area contributed by atoms with Gasteiger partial charge in [-0.2, -0.15) is 0 Å². The predicted octanol–water partition coefficient (Wildman–Crippen LogP) is 5.08. The van der Waals surface area contributed by atoms with Crippen molar-refractivity contribution in [1.29, 1.82) is 0 Å². The maximum absolute atomic E-state index is 13.8. The van der Waals surface area contributed by atoms with Crippen molar-refractivity contribution in [2.75, 3.05) is 51.1 Å². The van der Waals surface area contributed by atoms with Crippen LogP contribution in [0.2, 0.25) is 0 Å². The fourth-order valence-electron chi connectivity index (χ4n) is 4.41. The third-order valence-electron chi connectivity index (χ3n) is 6.81. The van der Waals surface area contributed by atoms with Gasteiger partial charge < -0.3 is 29.4 Å². The number of halogens is 1. The highest BCUT2D eigenvalue weighted by Gasteiger charge is 2.21. The zero-order valence-electron chi connectivity index (χ0n) is 22.2. The normalized spacial score (nSPS) is 19.7. The van der Waals surface area contributed by atoms with Gasteiger partial charge in [-0.15, -0.1) is 5.10 Å². The first-order valence-corrected chi connectivity index (χ1v) is 13.0. The lowest BCUT2D eigenvalue weighted by atomic mass is 9.87. The molecule has 3 aromatic rings. The summed E-state index contributed by atoms with van der Waals surface area (Å²) in [7, 11) is 3.63. The van der Waals surface area contributed by atoms with E-state index in [9.17, 15) is 9.18 Å². The zero-order chi connectivity index (χ0) is 26.9. The SMILES string of the molecule is CN1CCOCC1.COc1cc(NC(=O)c2ccccc2F)ccc1-c1nnc(NC2CCC(C)CC2)o1. The number of hydrogen-bond donors (Lipinski definition) is 2. The first-order valence-electron chi connectivity index (χ1n) is 13.0. The number of morpholine rings is 1. The van der Waals surface area contributed by atoms with E-state index in [0.29, 0.717) is 34.9 Å². The zero-order valence-corrected chi connectivity index (χ0v) is 22.2. The molecule has 5 rings (SSSR count). The molecule has 0 spiro atoms. The second kappa shape index (κ2) is 13.3. The molecule has 1 amide bonds. The molecule has 0 atom stereocenters. The molecule has 1 aromatic heterocycles. The lowest BCUT2D eigenvalue weighted by Crippen LogP contribution is -2.32. The van der Waals surface area contributed by atoms with Crippen LogP contribution in [0.3, 0.4) is 0 Å². The molecule has 2 N–H and O–H groups in total. The molecule has 0 radical (unpaired) electrons. The second-order valence-electron chi connectivity index (χ2n) is 9.78. The number of anilines is 2. The van der Waals surface area contributed by atoms with Crippen LogP contribution in [-0.4, -0.2) is 67.5 Å². The molecule has 1 aliphatic heterocycles. The Bertz CT molecular complexity index is 1190. The Morgan fingerprint density at radius 1 is 1.08 bits per heavy atom. The molecule has 2 aliphatic rings. The van der Waals surface area contributed by atoms with E-state index in [4.69, 9.17) is 13.9 Å². The minimum atomic E-state index is -0.582. The van der Waals surface area contributed by atoms with Gasteiger partial charge in [-0.05, 0) is 62.9 Å². The summed E-state index contributed by atoms with van der Waals surface area (Å²) in [6.45, 7) is 6.29. The van der Waals surface area contributed by atoms with E-state index >= 15 is 0 Å². The molecule has 2 fully saturated rings. The minimum absolute atomic E-state index is 0.0322. The number of benzene rings is 2. The quantitative estimate of drug-likeness (QED) is 0.460. The fraction of sp³-hybridized carbons (Fsp3) is 0.464. The molecular formula is C28H36FN5O4. The fourth-order valence-corrected chi connectivity index (χ4v) is 4.41. The number of nitrogens with one attached hydrogen (secondary N) is 2. The Hall–Kier alpha value is -3.50. The van der Waals surface area contributed by atoms with Crippen molar-refractivity contribution in [3.05, 3.63) is 53.8 Å². The van der Waals surface area contributed by atoms with Crippen molar-refractivity contribution in [2.45, 2.75) is 38.6 Å². The average molecular weight is 526 g/mol. The Kier molecular flexibility index (Phi) is 9.67. The van der Waals surface area contributed by atoms with E-state index in [-0.39, 0.29) is 5.56 Å². The van der Waals surface area contributed by atoms with Gasteiger partial charge in [-0.1, -0.05) is 24.2 Å². The van der Waals surface area contributed by atoms with Crippen LogP contribution in [0.25, 0.3) is 11.5 Å². The first kappa shape index (κ1) is 27.5. The van der Waals surface area contributed by atoms with Crippen molar-refractivity contribution >= 4 is 17.6 Å². The lowest BCUT2D eigenvalue weighted by Gasteiger charge is -2.25. The second-order valence-corrected chi connectivity index (χ2v) is 9.78. The van der Waals surface area contributed by atoms with Gasteiger partial charge >= 0.3 is 6.01 Å². The Labute approximate surface area is 222 Å². The Balaban J connectivity index is 0.000000417. The number of nitrogens with zero attached hydrogens (tertiary/aromatic N) is 3. The molecule has 204 valence electrons. The van der Waals surface area contributed by atoms with Crippen LogP contribution < -0.4 is 15.4 Å². The third kappa shape index (κ3) is 7.52. The van der Waals surface area contributed by atoms with Crippen molar-refractivity contribution in [3.8, 4) is 17.2 Å². The number of aromatic nitrogens is 2. The number of carbonyl (C=O) groups is 1. The van der Waals surface area contributed by atoms with Gasteiger partial charge in [0.2, 0.25) is 0 Å². The third-order valence-corrected chi connectivity index (χ3v) is 6.81. The van der Waals surface area contributed by atoms with Crippen LogP contribution >= 0.6 is 0 Å². The highest BCUT2D eigenvalue weighted by atomic mass is 19.1. The average Bonchev–Trinajstić information content (AvgIpc) is 3.39. The van der Waals surface area contributed by atoms with Crippen LogP contribution in [0.4, 0.5) is 16.1 Å².